The molecule has 0 saturated carbocycles. The molecule has 1 rings (SSSR count). The highest BCUT2D eigenvalue weighted by Gasteiger charge is 2.46. The van der Waals surface area contributed by atoms with Crippen molar-refractivity contribution in [3.05, 3.63) is 0 Å². The number of alkyl halides is 2. The molecule has 0 aromatic carbocycles. The van der Waals surface area contributed by atoms with Gasteiger partial charge in [-0.25, -0.2) is 8.78 Å². The second-order valence-corrected chi connectivity index (χ2v) is 2.94. The van der Waals surface area contributed by atoms with Crippen molar-refractivity contribution in [1.29, 1.82) is 0 Å². The zero-order chi connectivity index (χ0) is 7.07. The molecular formula is C6H10F2O. The Morgan fingerprint density at radius 3 is 2.11 bits per heavy atom. The van der Waals surface area contributed by atoms with E-state index < -0.39 is 11.8 Å². The Morgan fingerprint density at radius 2 is 2.00 bits per heavy atom. The smallest absolute Gasteiger partial charge is 0.246 e. The molecule has 1 fully saturated rings. The Hall–Kier alpha value is -0.180. The summed E-state index contributed by atoms with van der Waals surface area (Å²) in [6, 6.07) is 0. The average molecular weight is 136 g/mol. The summed E-state index contributed by atoms with van der Waals surface area (Å²) in [5, 5.41) is 0. The molecule has 0 aromatic heterocycles. The number of hydrogen-bond donors (Lipinski definition) is 0. The van der Waals surface area contributed by atoms with E-state index in [1.54, 1.807) is 0 Å². The van der Waals surface area contributed by atoms with Crippen LogP contribution in [0, 0.1) is 5.41 Å². The van der Waals surface area contributed by atoms with E-state index in [0.29, 0.717) is 6.61 Å². The van der Waals surface area contributed by atoms with E-state index in [9.17, 15) is 8.78 Å². The van der Waals surface area contributed by atoms with Crippen LogP contribution in [0.15, 0.2) is 0 Å². The van der Waals surface area contributed by atoms with Crippen molar-refractivity contribution in [3.8, 4) is 0 Å². The average Bonchev–Trinajstić information content (AvgIpc) is 2.42. The van der Waals surface area contributed by atoms with E-state index in [4.69, 9.17) is 4.74 Å². The fourth-order valence-electron chi connectivity index (χ4n) is 0.618. The molecule has 1 atom stereocenters. The lowest BCUT2D eigenvalue weighted by Crippen LogP contribution is -2.27. The van der Waals surface area contributed by atoms with Crippen molar-refractivity contribution in [3.63, 3.8) is 0 Å². The molecule has 1 heterocycles. The molecule has 0 N–H and O–H groups in total. The van der Waals surface area contributed by atoms with Crippen molar-refractivity contribution < 1.29 is 13.5 Å². The molecule has 0 bridgehead atoms. The van der Waals surface area contributed by atoms with Gasteiger partial charge in [0.05, 0.1) is 18.1 Å². The van der Waals surface area contributed by atoms with Gasteiger partial charge in [-0.05, 0) is 0 Å². The summed E-state index contributed by atoms with van der Waals surface area (Å²) in [5.41, 5.74) is -0.944. The maximum Gasteiger partial charge on any atom is 0.246 e. The van der Waals surface area contributed by atoms with Gasteiger partial charge in [0.2, 0.25) is 6.43 Å². The van der Waals surface area contributed by atoms with Crippen LogP contribution in [0.3, 0.4) is 0 Å². The lowest BCUT2D eigenvalue weighted by molar-refractivity contribution is 0.00122. The van der Waals surface area contributed by atoms with Gasteiger partial charge in [-0.15, -0.1) is 0 Å². The third-order valence-corrected chi connectivity index (χ3v) is 1.73. The fourth-order valence-corrected chi connectivity index (χ4v) is 0.618. The van der Waals surface area contributed by atoms with E-state index in [-0.39, 0.29) is 6.10 Å². The third kappa shape index (κ3) is 1.21. The first-order valence-electron chi connectivity index (χ1n) is 2.95. The van der Waals surface area contributed by atoms with Crippen molar-refractivity contribution in [1.82, 2.24) is 0 Å². The molecule has 3 heteroatoms. The summed E-state index contributed by atoms with van der Waals surface area (Å²) >= 11 is 0. The molecule has 0 spiro atoms. The summed E-state index contributed by atoms with van der Waals surface area (Å²) in [5.74, 6) is 0. The third-order valence-electron chi connectivity index (χ3n) is 1.73. The number of halogens is 2. The molecule has 1 saturated heterocycles. The predicted octanol–water partition coefficient (Wildman–Crippen LogP) is 1.68. The molecule has 0 amide bonds. The summed E-state index contributed by atoms with van der Waals surface area (Å²) in [4.78, 5) is 0. The van der Waals surface area contributed by atoms with Gasteiger partial charge in [0.25, 0.3) is 0 Å². The molecule has 0 aliphatic carbocycles. The van der Waals surface area contributed by atoms with Crippen LogP contribution in [0.1, 0.15) is 13.8 Å². The fraction of sp³-hybridized carbons (Fsp3) is 1.00. The lowest BCUT2D eigenvalue weighted by atomic mass is 9.90. The maximum atomic E-state index is 12.0. The summed E-state index contributed by atoms with van der Waals surface area (Å²) in [6.07, 6.45) is -2.48. The zero-order valence-corrected chi connectivity index (χ0v) is 5.53. The van der Waals surface area contributed by atoms with Crippen LogP contribution in [0.2, 0.25) is 0 Å². The first-order valence-corrected chi connectivity index (χ1v) is 2.95. The van der Waals surface area contributed by atoms with Crippen molar-refractivity contribution >= 4 is 0 Å². The topological polar surface area (TPSA) is 12.5 Å². The molecule has 0 aromatic rings. The second-order valence-electron chi connectivity index (χ2n) is 2.94. The molecule has 1 nitrogen and oxygen atoms in total. The normalized spacial score (nSPS) is 27.0. The minimum absolute atomic E-state index is 0.211. The van der Waals surface area contributed by atoms with Gasteiger partial charge in [0.15, 0.2) is 0 Å². The summed E-state index contributed by atoms with van der Waals surface area (Å²) < 4.78 is 28.8. The van der Waals surface area contributed by atoms with Crippen LogP contribution in [0.4, 0.5) is 8.78 Å². The Labute approximate surface area is 53.0 Å². The summed E-state index contributed by atoms with van der Waals surface area (Å²) in [6.45, 7) is 3.54. The van der Waals surface area contributed by atoms with Gasteiger partial charge in [-0.2, -0.15) is 0 Å². The van der Waals surface area contributed by atoms with Crippen molar-refractivity contribution in [2.75, 3.05) is 6.61 Å². The number of epoxide rings is 1. The predicted molar refractivity (Wildman–Crippen MR) is 29.5 cm³/mol. The molecule has 0 radical (unpaired) electrons. The van der Waals surface area contributed by atoms with Crippen LogP contribution < -0.4 is 0 Å². The highest BCUT2D eigenvalue weighted by Crippen LogP contribution is 2.37. The Kier molecular flexibility index (Phi) is 1.47. The van der Waals surface area contributed by atoms with E-state index in [1.807, 2.05) is 0 Å². The standard InChI is InChI=1S/C6H10F2O/c1-6(2,5(7)8)4-3-9-4/h4-5H,3H2,1-2H3. The van der Waals surface area contributed by atoms with Gasteiger partial charge in [-0.1, -0.05) is 13.8 Å². The van der Waals surface area contributed by atoms with Crippen LogP contribution in [-0.4, -0.2) is 19.1 Å². The van der Waals surface area contributed by atoms with Gasteiger partial charge in [-0.3, -0.25) is 0 Å². The van der Waals surface area contributed by atoms with E-state index in [0.717, 1.165) is 0 Å². The Balaban J connectivity index is 2.48. The molecule has 9 heavy (non-hydrogen) atoms. The van der Waals surface area contributed by atoms with Crippen molar-refractivity contribution in [2.24, 2.45) is 5.41 Å². The number of hydrogen-bond acceptors (Lipinski definition) is 1. The minimum Gasteiger partial charge on any atom is -0.372 e. The van der Waals surface area contributed by atoms with Crippen LogP contribution in [-0.2, 0) is 4.74 Å². The van der Waals surface area contributed by atoms with Gasteiger partial charge < -0.3 is 4.74 Å². The molecule has 1 aliphatic heterocycles. The molecule has 54 valence electrons. The SMILES string of the molecule is CC(C)(C(F)F)C1CO1. The van der Waals surface area contributed by atoms with Crippen LogP contribution in [0.5, 0.6) is 0 Å². The Morgan fingerprint density at radius 1 is 1.56 bits per heavy atom. The van der Waals surface area contributed by atoms with Gasteiger partial charge in [0, 0.05) is 0 Å². The number of ether oxygens (including phenoxy) is 1. The first-order chi connectivity index (χ1) is 4.05. The van der Waals surface area contributed by atoms with Gasteiger partial charge >= 0.3 is 0 Å². The van der Waals surface area contributed by atoms with Crippen LogP contribution in [0.25, 0.3) is 0 Å². The van der Waals surface area contributed by atoms with Gasteiger partial charge in [0.1, 0.15) is 0 Å². The molecular weight excluding hydrogens is 126 g/mol. The minimum atomic E-state index is -2.27. The van der Waals surface area contributed by atoms with E-state index in [2.05, 4.69) is 0 Å². The second kappa shape index (κ2) is 1.90. The Bertz CT molecular complexity index is 104. The largest absolute Gasteiger partial charge is 0.372 e. The zero-order valence-electron chi connectivity index (χ0n) is 5.53. The highest BCUT2D eigenvalue weighted by atomic mass is 19.3. The highest BCUT2D eigenvalue weighted by molar-refractivity contribution is 4.88. The maximum absolute atomic E-state index is 12.0. The first kappa shape index (κ1) is 6.93. The quantitative estimate of drug-likeness (QED) is 0.526. The molecule has 1 aliphatic rings. The molecule has 1 unspecified atom stereocenters. The summed E-state index contributed by atoms with van der Waals surface area (Å²) in [7, 11) is 0. The van der Waals surface area contributed by atoms with Crippen LogP contribution >= 0.6 is 0 Å². The van der Waals surface area contributed by atoms with E-state index in [1.165, 1.54) is 13.8 Å². The monoisotopic (exact) mass is 136 g/mol. The van der Waals surface area contributed by atoms with Crippen molar-refractivity contribution in [2.45, 2.75) is 26.4 Å². The lowest BCUT2D eigenvalue weighted by Gasteiger charge is -2.19. The van der Waals surface area contributed by atoms with E-state index >= 15 is 0 Å². The number of rotatable bonds is 2.